The third-order valence-electron chi connectivity index (χ3n) is 4.36. The average molecular weight is 383 g/mol. The fourth-order valence-corrected chi connectivity index (χ4v) is 3.69. The van der Waals surface area contributed by atoms with E-state index in [4.69, 9.17) is 4.74 Å². The Kier molecular flexibility index (Phi) is 4.73. The normalized spacial score (nSPS) is 21.0. The number of nitrogens with one attached hydrogen (secondary N) is 2. The lowest BCUT2D eigenvalue weighted by molar-refractivity contribution is -0.130. The number of hydrogen-bond acceptors (Lipinski definition) is 2. The van der Waals surface area contributed by atoms with Crippen LogP contribution in [0.5, 0.6) is 0 Å². The van der Waals surface area contributed by atoms with Gasteiger partial charge in [0.15, 0.2) is 0 Å². The van der Waals surface area contributed by atoms with Crippen molar-refractivity contribution < 1.29 is 13.9 Å². The van der Waals surface area contributed by atoms with Crippen molar-refractivity contribution in [2.45, 2.75) is 44.2 Å². The molecule has 2 unspecified atom stereocenters. The Hall–Kier alpha value is -1.40. The molecule has 1 saturated heterocycles. The predicted molar refractivity (Wildman–Crippen MR) is 91.3 cm³/mol. The maximum absolute atomic E-state index is 13.9. The van der Waals surface area contributed by atoms with Crippen LogP contribution in [0.3, 0.4) is 0 Å². The molecule has 1 amide bonds. The summed E-state index contributed by atoms with van der Waals surface area (Å²) >= 11 is 3.36. The van der Waals surface area contributed by atoms with Crippen LogP contribution in [0.1, 0.15) is 29.7 Å². The van der Waals surface area contributed by atoms with Crippen LogP contribution in [0.4, 0.5) is 4.39 Å². The summed E-state index contributed by atoms with van der Waals surface area (Å²) in [6.45, 7) is 4.42. The van der Waals surface area contributed by atoms with Gasteiger partial charge in [-0.15, -0.1) is 0 Å². The summed E-state index contributed by atoms with van der Waals surface area (Å²) in [5, 5.41) is 3.81. The molecule has 1 aliphatic heterocycles. The smallest absolute Gasteiger partial charge is 0.249 e. The highest BCUT2D eigenvalue weighted by atomic mass is 79.9. The minimum Gasteiger partial charge on any atom is -0.356 e. The zero-order valence-electron chi connectivity index (χ0n) is 13.2. The lowest BCUT2D eigenvalue weighted by Gasteiger charge is -2.11. The Balaban J connectivity index is 1.69. The van der Waals surface area contributed by atoms with Gasteiger partial charge >= 0.3 is 0 Å². The van der Waals surface area contributed by atoms with Gasteiger partial charge in [0.2, 0.25) is 5.91 Å². The van der Waals surface area contributed by atoms with Gasteiger partial charge in [-0.3, -0.25) is 4.79 Å². The summed E-state index contributed by atoms with van der Waals surface area (Å²) in [5.41, 5.74) is 3.58. The molecule has 0 saturated carbocycles. The van der Waals surface area contributed by atoms with E-state index in [1.54, 1.807) is 6.07 Å². The van der Waals surface area contributed by atoms with Crippen molar-refractivity contribution in [1.29, 1.82) is 0 Å². The molecule has 1 aromatic carbocycles. The quantitative estimate of drug-likeness (QED) is 0.795. The Morgan fingerprint density at radius 2 is 2.22 bits per heavy atom. The highest BCUT2D eigenvalue weighted by molar-refractivity contribution is 9.09. The number of halogens is 2. The Morgan fingerprint density at radius 3 is 2.91 bits per heavy atom. The van der Waals surface area contributed by atoms with Gasteiger partial charge in [0.1, 0.15) is 16.9 Å². The van der Waals surface area contributed by atoms with E-state index in [0.29, 0.717) is 18.5 Å². The molecule has 2 atom stereocenters. The molecule has 3 rings (SSSR count). The average Bonchev–Trinajstić information content (AvgIpc) is 3.08. The number of fused-ring (bicyclic) bond motifs is 1. The molecule has 0 aliphatic carbocycles. The molecule has 0 spiro atoms. The third-order valence-corrected chi connectivity index (χ3v) is 5.04. The summed E-state index contributed by atoms with van der Waals surface area (Å²) in [6.07, 6.45) is 1.87. The van der Waals surface area contributed by atoms with Gasteiger partial charge in [-0.25, -0.2) is 4.39 Å². The first-order valence-corrected chi connectivity index (χ1v) is 8.72. The number of carbonyl (C=O) groups excluding carboxylic acids is 1. The molecule has 2 N–H and O–H groups in total. The second-order valence-electron chi connectivity index (χ2n) is 6.00. The van der Waals surface area contributed by atoms with Gasteiger partial charge in [-0.2, -0.15) is 0 Å². The second kappa shape index (κ2) is 6.61. The molecule has 2 heterocycles. The number of ether oxygens (including phenoxy) is 1. The minimum atomic E-state index is -0.373. The number of alkyl halides is 1. The minimum absolute atomic E-state index is 0.0280. The van der Waals surface area contributed by atoms with Crippen LogP contribution in [-0.4, -0.2) is 28.6 Å². The molecular weight excluding hydrogens is 363 g/mol. The van der Waals surface area contributed by atoms with Crippen LogP contribution in [0.25, 0.3) is 10.9 Å². The summed E-state index contributed by atoms with van der Waals surface area (Å²) in [5.74, 6) is -0.320. The monoisotopic (exact) mass is 382 g/mol. The van der Waals surface area contributed by atoms with Gasteiger partial charge < -0.3 is 15.0 Å². The maximum Gasteiger partial charge on any atom is 0.249 e. The predicted octanol–water partition coefficient (Wildman–Crippen LogP) is 3.48. The SMILES string of the molecule is Cc1[nH]c2c(F)ccc(C)c2c1CCNC(=O)C1CCC(Br)O1. The van der Waals surface area contributed by atoms with Gasteiger partial charge in [0, 0.05) is 17.6 Å². The van der Waals surface area contributed by atoms with Crippen LogP contribution in [0, 0.1) is 19.7 Å². The van der Waals surface area contributed by atoms with E-state index < -0.39 is 0 Å². The van der Waals surface area contributed by atoms with E-state index in [-0.39, 0.29) is 22.8 Å². The molecule has 1 fully saturated rings. The van der Waals surface area contributed by atoms with E-state index in [1.165, 1.54) is 6.07 Å². The highest BCUT2D eigenvalue weighted by Gasteiger charge is 2.28. The Morgan fingerprint density at radius 1 is 1.43 bits per heavy atom. The largest absolute Gasteiger partial charge is 0.356 e. The first kappa shape index (κ1) is 16.5. The molecule has 0 radical (unpaired) electrons. The number of H-pyrrole nitrogens is 1. The van der Waals surface area contributed by atoms with E-state index in [9.17, 15) is 9.18 Å². The van der Waals surface area contributed by atoms with Crippen molar-refractivity contribution in [2.75, 3.05) is 6.54 Å². The zero-order valence-corrected chi connectivity index (χ0v) is 14.8. The second-order valence-corrected chi connectivity index (χ2v) is 7.02. The number of hydrogen-bond donors (Lipinski definition) is 2. The summed E-state index contributed by atoms with van der Waals surface area (Å²) < 4.78 is 19.4. The number of rotatable bonds is 4. The highest BCUT2D eigenvalue weighted by Crippen LogP contribution is 2.28. The Labute approximate surface area is 142 Å². The van der Waals surface area contributed by atoms with Crippen LogP contribution in [0.15, 0.2) is 12.1 Å². The van der Waals surface area contributed by atoms with Crippen molar-refractivity contribution in [3.63, 3.8) is 0 Å². The molecule has 1 aliphatic rings. The van der Waals surface area contributed by atoms with Crippen LogP contribution in [0.2, 0.25) is 0 Å². The lowest BCUT2D eigenvalue weighted by Crippen LogP contribution is -2.35. The van der Waals surface area contributed by atoms with E-state index in [0.717, 1.165) is 35.0 Å². The number of benzene rings is 1. The maximum atomic E-state index is 13.9. The van der Waals surface area contributed by atoms with Gasteiger partial charge in [0.25, 0.3) is 0 Å². The van der Waals surface area contributed by atoms with Crippen molar-refractivity contribution in [1.82, 2.24) is 10.3 Å². The first-order chi connectivity index (χ1) is 11.0. The number of carbonyl (C=O) groups is 1. The molecule has 6 heteroatoms. The van der Waals surface area contributed by atoms with Crippen LogP contribution >= 0.6 is 15.9 Å². The Bertz CT molecular complexity index is 744. The summed E-state index contributed by atoms with van der Waals surface area (Å²) in [7, 11) is 0. The van der Waals surface area contributed by atoms with Crippen molar-refractivity contribution in [3.8, 4) is 0 Å². The third kappa shape index (κ3) is 3.28. The van der Waals surface area contributed by atoms with Crippen molar-refractivity contribution >= 4 is 32.7 Å². The molecule has 23 heavy (non-hydrogen) atoms. The molecule has 1 aromatic heterocycles. The van der Waals surface area contributed by atoms with E-state index >= 15 is 0 Å². The molecule has 0 bridgehead atoms. The fourth-order valence-electron chi connectivity index (χ4n) is 3.17. The van der Waals surface area contributed by atoms with E-state index in [1.807, 2.05) is 13.8 Å². The molecule has 124 valence electrons. The van der Waals surface area contributed by atoms with E-state index in [2.05, 4.69) is 26.2 Å². The van der Waals surface area contributed by atoms with Crippen molar-refractivity contribution in [3.05, 3.63) is 34.8 Å². The summed E-state index contributed by atoms with van der Waals surface area (Å²) in [4.78, 5) is 15.2. The van der Waals surface area contributed by atoms with Crippen LogP contribution in [-0.2, 0) is 16.0 Å². The number of aromatic amines is 1. The first-order valence-electron chi connectivity index (χ1n) is 7.81. The number of aryl methyl sites for hydroxylation is 2. The molecule has 4 nitrogen and oxygen atoms in total. The zero-order chi connectivity index (χ0) is 16.6. The fraction of sp³-hybridized carbons (Fsp3) is 0.471. The number of aromatic nitrogens is 1. The molecular formula is C17H20BrFN2O2. The number of amides is 1. The molecule has 2 aromatic rings. The standard InChI is InChI=1S/C17H20BrFN2O2/c1-9-3-4-12(19)16-15(9)11(10(2)21-16)7-8-20-17(22)13-5-6-14(18)23-13/h3-4,13-14,21H,5-8H2,1-2H3,(H,20,22). The topological polar surface area (TPSA) is 54.1 Å². The van der Waals surface area contributed by atoms with Gasteiger partial charge in [0.05, 0.1) is 5.52 Å². The van der Waals surface area contributed by atoms with Crippen molar-refractivity contribution in [2.24, 2.45) is 0 Å². The van der Waals surface area contributed by atoms with Crippen LogP contribution < -0.4 is 5.32 Å². The van der Waals surface area contributed by atoms with Gasteiger partial charge in [-0.05, 0) is 50.3 Å². The van der Waals surface area contributed by atoms with Gasteiger partial charge in [-0.1, -0.05) is 22.0 Å². The lowest BCUT2D eigenvalue weighted by atomic mass is 10.0. The summed E-state index contributed by atoms with van der Waals surface area (Å²) in [6, 6.07) is 3.27.